The summed E-state index contributed by atoms with van der Waals surface area (Å²) in [5.41, 5.74) is 2.13. The van der Waals surface area contributed by atoms with Crippen molar-refractivity contribution in [1.82, 2.24) is 5.32 Å². The molecule has 7 heteroatoms. The van der Waals surface area contributed by atoms with Gasteiger partial charge in [0.25, 0.3) is 10.0 Å². The van der Waals surface area contributed by atoms with E-state index in [1.165, 1.54) is 24.3 Å². The molecule has 32 heavy (non-hydrogen) atoms. The summed E-state index contributed by atoms with van der Waals surface area (Å²) in [6.45, 7) is 3.74. The maximum Gasteiger partial charge on any atom is 0.265 e. The number of rotatable bonds is 6. The Labute approximate surface area is 187 Å². The molecule has 0 radical (unpaired) electrons. The molecule has 3 aromatic rings. The lowest BCUT2D eigenvalue weighted by Crippen LogP contribution is -2.43. The minimum atomic E-state index is -3.98. The van der Waals surface area contributed by atoms with Crippen molar-refractivity contribution in [2.45, 2.75) is 31.2 Å². The molecule has 0 saturated heterocycles. The molecule has 1 atom stereocenters. The van der Waals surface area contributed by atoms with E-state index in [9.17, 15) is 17.6 Å². The van der Waals surface area contributed by atoms with E-state index < -0.39 is 28.3 Å². The number of benzene rings is 3. The maximum absolute atomic E-state index is 14.0. The summed E-state index contributed by atoms with van der Waals surface area (Å²) >= 11 is 0. The van der Waals surface area contributed by atoms with Crippen LogP contribution in [-0.2, 0) is 14.8 Å². The van der Waals surface area contributed by atoms with Crippen LogP contribution in [0, 0.1) is 11.7 Å². The average molecular weight is 453 g/mol. The molecule has 4 rings (SSSR count). The molecular formula is C25H25FN2O3S. The molecule has 1 amide bonds. The van der Waals surface area contributed by atoms with E-state index in [0.29, 0.717) is 29.2 Å². The van der Waals surface area contributed by atoms with E-state index in [4.69, 9.17) is 0 Å². The molecule has 1 N–H and O–H groups in total. The topological polar surface area (TPSA) is 66.5 Å². The number of hydrogen-bond donors (Lipinski definition) is 1. The van der Waals surface area contributed by atoms with Gasteiger partial charge in [0.05, 0.1) is 16.6 Å². The summed E-state index contributed by atoms with van der Waals surface area (Å²) < 4.78 is 41.8. The number of fused-ring (bicyclic) bond motifs is 3. The first-order chi connectivity index (χ1) is 15.3. The van der Waals surface area contributed by atoms with E-state index in [1.807, 2.05) is 30.3 Å². The molecule has 0 bridgehead atoms. The van der Waals surface area contributed by atoms with Crippen LogP contribution in [-0.4, -0.2) is 20.9 Å². The van der Waals surface area contributed by atoms with E-state index in [-0.39, 0.29) is 10.9 Å². The van der Waals surface area contributed by atoms with Gasteiger partial charge in [0.15, 0.2) is 0 Å². The highest BCUT2D eigenvalue weighted by Crippen LogP contribution is 2.43. The SMILES string of the molecule is CC(C)C[C@H](NC(=O)CN1c2ccc(F)cc2-c2ccccc2S1(=O)=O)c1ccccc1. The lowest BCUT2D eigenvalue weighted by Gasteiger charge is -2.32. The van der Waals surface area contributed by atoms with Crippen molar-refractivity contribution >= 4 is 21.6 Å². The molecule has 1 heterocycles. The highest BCUT2D eigenvalue weighted by molar-refractivity contribution is 7.93. The van der Waals surface area contributed by atoms with E-state index in [2.05, 4.69) is 19.2 Å². The molecule has 0 spiro atoms. The Morgan fingerprint density at radius 3 is 2.38 bits per heavy atom. The third-order valence-corrected chi connectivity index (χ3v) is 7.32. The van der Waals surface area contributed by atoms with Crippen molar-refractivity contribution < 1.29 is 17.6 Å². The van der Waals surface area contributed by atoms with Gasteiger partial charge < -0.3 is 5.32 Å². The van der Waals surface area contributed by atoms with Gasteiger partial charge in [0.1, 0.15) is 12.4 Å². The second-order valence-corrected chi connectivity index (χ2v) is 10.2. The number of nitrogens with zero attached hydrogens (tertiary/aromatic N) is 1. The summed E-state index contributed by atoms with van der Waals surface area (Å²) in [7, 11) is -3.98. The number of carbonyl (C=O) groups excluding carboxylic acids is 1. The van der Waals surface area contributed by atoms with Crippen LogP contribution in [0.2, 0.25) is 0 Å². The second-order valence-electron chi connectivity index (χ2n) is 8.33. The quantitative estimate of drug-likeness (QED) is 0.578. The number of nitrogens with one attached hydrogen (secondary N) is 1. The minimum absolute atomic E-state index is 0.0627. The summed E-state index contributed by atoms with van der Waals surface area (Å²) in [5, 5.41) is 3.00. The predicted molar refractivity (Wildman–Crippen MR) is 123 cm³/mol. The average Bonchev–Trinajstić information content (AvgIpc) is 2.77. The molecule has 166 valence electrons. The molecule has 0 saturated carbocycles. The fourth-order valence-electron chi connectivity index (χ4n) is 4.08. The van der Waals surface area contributed by atoms with E-state index in [0.717, 1.165) is 9.87 Å². The zero-order valence-corrected chi connectivity index (χ0v) is 18.8. The van der Waals surface area contributed by atoms with Crippen molar-refractivity contribution in [2.24, 2.45) is 5.92 Å². The van der Waals surface area contributed by atoms with E-state index >= 15 is 0 Å². The lowest BCUT2D eigenvalue weighted by molar-refractivity contribution is -0.120. The predicted octanol–water partition coefficient (Wildman–Crippen LogP) is 4.91. The molecule has 1 aliphatic heterocycles. The van der Waals surface area contributed by atoms with Crippen molar-refractivity contribution in [1.29, 1.82) is 0 Å². The summed E-state index contributed by atoms with van der Waals surface area (Å²) in [6, 6.07) is 19.8. The molecule has 0 fully saturated rings. The standard InChI is InChI=1S/C25H25FN2O3S/c1-17(2)14-22(18-8-4-3-5-9-18)27-25(29)16-28-23-13-12-19(26)15-21(23)20-10-6-7-11-24(20)32(28,30)31/h3-13,15,17,22H,14,16H2,1-2H3,(H,27,29)/t22-/m0/s1. The summed E-state index contributed by atoms with van der Waals surface area (Å²) in [6.07, 6.45) is 0.715. The Balaban J connectivity index is 1.67. The van der Waals surface area contributed by atoms with Crippen LogP contribution in [0.15, 0.2) is 77.7 Å². The van der Waals surface area contributed by atoms with Gasteiger partial charge in [-0.05, 0) is 42.2 Å². The Hall–Kier alpha value is -3.19. The van der Waals surface area contributed by atoms with Crippen LogP contribution in [0.5, 0.6) is 0 Å². The largest absolute Gasteiger partial charge is 0.348 e. The molecule has 0 aliphatic carbocycles. The van der Waals surface area contributed by atoms with Gasteiger partial charge in [-0.15, -0.1) is 0 Å². The van der Waals surface area contributed by atoms with Crippen LogP contribution >= 0.6 is 0 Å². The first kappa shape index (κ1) is 22.0. The van der Waals surface area contributed by atoms with Gasteiger partial charge in [-0.3, -0.25) is 9.10 Å². The first-order valence-electron chi connectivity index (χ1n) is 10.5. The molecule has 3 aromatic carbocycles. The maximum atomic E-state index is 14.0. The fraction of sp³-hybridized carbons (Fsp3) is 0.240. The highest BCUT2D eigenvalue weighted by Gasteiger charge is 2.36. The Morgan fingerprint density at radius 2 is 1.66 bits per heavy atom. The molecule has 0 aromatic heterocycles. The zero-order valence-electron chi connectivity index (χ0n) is 18.0. The number of hydrogen-bond acceptors (Lipinski definition) is 3. The minimum Gasteiger partial charge on any atom is -0.348 e. The van der Waals surface area contributed by atoms with Crippen molar-refractivity contribution in [3.63, 3.8) is 0 Å². The Morgan fingerprint density at radius 1 is 0.969 bits per heavy atom. The first-order valence-corrected chi connectivity index (χ1v) is 12.0. The number of amides is 1. The van der Waals surface area contributed by atoms with Crippen molar-refractivity contribution in [3.05, 3.63) is 84.2 Å². The number of halogens is 1. The summed E-state index contributed by atoms with van der Waals surface area (Å²) in [4.78, 5) is 13.1. The Kier molecular flexibility index (Phi) is 6.02. The molecule has 0 unspecified atom stereocenters. The number of sulfonamides is 1. The Bertz CT molecular complexity index is 1240. The van der Waals surface area contributed by atoms with Crippen LogP contribution in [0.3, 0.4) is 0 Å². The number of anilines is 1. The smallest absolute Gasteiger partial charge is 0.265 e. The molecule has 5 nitrogen and oxygen atoms in total. The third kappa shape index (κ3) is 4.25. The molecular weight excluding hydrogens is 427 g/mol. The zero-order chi connectivity index (χ0) is 22.9. The third-order valence-electron chi connectivity index (χ3n) is 5.50. The van der Waals surface area contributed by atoms with Crippen LogP contribution in [0.25, 0.3) is 11.1 Å². The van der Waals surface area contributed by atoms with Crippen LogP contribution in [0.1, 0.15) is 31.9 Å². The fourth-order valence-corrected chi connectivity index (χ4v) is 5.73. The van der Waals surface area contributed by atoms with Gasteiger partial charge in [-0.2, -0.15) is 0 Å². The number of carbonyl (C=O) groups is 1. The lowest BCUT2D eigenvalue weighted by atomic mass is 9.97. The second kappa shape index (κ2) is 8.74. The van der Waals surface area contributed by atoms with Gasteiger partial charge >= 0.3 is 0 Å². The van der Waals surface area contributed by atoms with Crippen molar-refractivity contribution in [3.8, 4) is 11.1 Å². The van der Waals surface area contributed by atoms with Crippen LogP contribution < -0.4 is 9.62 Å². The van der Waals surface area contributed by atoms with Gasteiger partial charge in [-0.1, -0.05) is 62.4 Å². The van der Waals surface area contributed by atoms with Gasteiger partial charge in [0.2, 0.25) is 5.91 Å². The monoisotopic (exact) mass is 452 g/mol. The van der Waals surface area contributed by atoms with Crippen molar-refractivity contribution in [2.75, 3.05) is 10.8 Å². The molecule has 1 aliphatic rings. The van der Waals surface area contributed by atoms with Gasteiger partial charge in [0, 0.05) is 11.1 Å². The highest BCUT2D eigenvalue weighted by atomic mass is 32.2. The van der Waals surface area contributed by atoms with Crippen LogP contribution in [0.4, 0.5) is 10.1 Å². The van der Waals surface area contributed by atoms with Gasteiger partial charge in [-0.25, -0.2) is 12.8 Å². The van der Waals surface area contributed by atoms with E-state index in [1.54, 1.807) is 18.2 Å². The normalized spacial score (nSPS) is 15.1. The summed E-state index contributed by atoms with van der Waals surface area (Å²) in [5.74, 6) is -0.559.